The lowest BCUT2D eigenvalue weighted by molar-refractivity contribution is 0.102. The molecule has 1 rings (SSSR count). The summed E-state index contributed by atoms with van der Waals surface area (Å²) < 4.78 is 23.0. The van der Waals surface area contributed by atoms with E-state index in [1.54, 1.807) is 13.0 Å². The van der Waals surface area contributed by atoms with Crippen molar-refractivity contribution in [2.45, 2.75) is 27.2 Å². The van der Waals surface area contributed by atoms with Gasteiger partial charge in [-0.1, -0.05) is 6.92 Å². The number of Topliss-reactive ketones (excluding diaryl/α,β-unsaturated/α-hetero) is 1. The number of thiophene rings is 1. The van der Waals surface area contributed by atoms with E-state index < -0.39 is 9.84 Å². The average Bonchev–Trinajstić information content (AvgIpc) is 2.44. The van der Waals surface area contributed by atoms with Crippen LogP contribution in [0.15, 0.2) is 6.07 Å². The monoisotopic (exact) mass is 260 g/mol. The van der Waals surface area contributed by atoms with Crippen molar-refractivity contribution < 1.29 is 13.2 Å². The Morgan fingerprint density at radius 2 is 2.00 bits per heavy atom. The van der Waals surface area contributed by atoms with E-state index in [9.17, 15) is 13.2 Å². The lowest BCUT2D eigenvalue weighted by atomic mass is 10.2. The summed E-state index contributed by atoms with van der Waals surface area (Å²) >= 11 is 1.52. The molecule has 5 heteroatoms. The fourth-order valence-corrected chi connectivity index (χ4v) is 3.83. The molecular formula is C11H16O3S2. The van der Waals surface area contributed by atoms with Crippen LogP contribution in [0.2, 0.25) is 0 Å². The van der Waals surface area contributed by atoms with Gasteiger partial charge in [0, 0.05) is 15.3 Å². The van der Waals surface area contributed by atoms with Crippen LogP contribution in [0.4, 0.5) is 0 Å². The predicted molar refractivity (Wildman–Crippen MR) is 67.1 cm³/mol. The highest BCUT2D eigenvalue weighted by Gasteiger charge is 2.19. The number of aryl methyl sites for hydroxylation is 2. The molecule has 1 aromatic rings. The molecule has 90 valence electrons. The second-order valence-electron chi connectivity index (χ2n) is 3.84. The van der Waals surface area contributed by atoms with Crippen LogP contribution in [0.1, 0.15) is 33.5 Å². The minimum Gasteiger partial charge on any atom is -0.293 e. The van der Waals surface area contributed by atoms with Gasteiger partial charge in [-0.25, -0.2) is 8.42 Å². The standard InChI is InChI=1S/C11H16O3S2/c1-4-5-16(13,14)7-11(12)10-6-8(2)15-9(10)3/h6H,4-5,7H2,1-3H3. The van der Waals surface area contributed by atoms with Gasteiger partial charge in [-0.05, 0) is 26.3 Å². The van der Waals surface area contributed by atoms with Crippen LogP contribution in [0.25, 0.3) is 0 Å². The Kier molecular flexibility index (Phi) is 4.27. The molecule has 0 aliphatic carbocycles. The second kappa shape index (κ2) is 5.10. The molecule has 1 heterocycles. The Balaban J connectivity index is 2.85. The highest BCUT2D eigenvalue weighted by Crippen LogP contribution is 2.21. The van der Waals surface area contributed by atoms with Gasteiger partial charge in [0.05, 0.1) is 5.75 Å². The van der Waals surface area contributed by atoms with Gasteiger partial charge in [-0.3, -0.25) is 4.79 Å². The van der Waals surface area contributed by atoms with Crippen LogP contribution in [0.3, 0.4) is 0 Å². The third-order valence-corrected chi connectivity index (χ3v) is 4.91. The molecule has 0 radical (unpaired) electrons. The summed E-state index contributed by atoms with van der Waals surface area (Å²) in [4.78, 5) is 13.7. The Hall–Kier alpha value is -0.680. The zero-order valence-electron chi connectivity index (χ0n) is 9.74. The van der Waals surface area contributed by atoms with Crippen LogP contribution in [0, 0.1) is 13.8 Å². The van der Waals surface area contributed by atoms with Gasteiger partial charge in [-0.2, -0.15) is 0 Å². The number of carbonyl (C=O) groups is 1. The maximum atomic E-state index is 11.8. The van der Waals surface area contributed by atoms with Gasteiger partial charge in [0.25, 0.3) is 0 Å². The van der Waals surface area contributed by atoms with E-state index >= 15 is 0 Å². The van der Waals surface area contributed by atoms with Crippen molar-refractivity contribution in [1.82, 2.24) is 0 Å². The summed E-state index contributed by atoms with van der Waals surface area (Å²) in [5.41, 5.74) is 0.558. The number of ketones is 1. The van der Waals surface area contributed by atoms with Crippen molar-refractivity contribution in [1.29, 1.82) is 0 Å². The quantitative estimate of drug-likeness (QED) is 0.764. The third-order valence-electron chi connectivity index (χ3n) is 2.21. The smallest absolute Gasteiger partial charge is 0.178 e. The zero-order chi connectivity index (χ0) is 12.3. The molecule has 1 aromatic heterocycles. The minimum atomic E-state index is -3.23. The highest BCUT2D eigenvalue weighted by molar-refractivity contribution is 7.92. The molecule has 0 spiro atoms. The Bertz CT molecular complexity index is 483. The molecule has 0 atom stereocenters. The van der Waals surface area contributed by atoms with Crippen LogP contribution in [-0.2, 0) is 9.84 Å². The number of sulfone groups is 1. The molecule has 0 saturated heterocycles. The number of rotatable bonds is 5. The van der Waals surface area contributed by atoms with E-state index in [0.29, 0.717) is 12.0 Å². The van der Waals surface area contributed by atoms with Crippen molar-refractivity contribution in [3.8, 4) is 0 Å². The summed E-state index contributed by atoms with van der Waals surface area (Å²) in [7, 11) is -3.23. The Morgan fingerprint density at radius 1 is 1.38 bits per heavy atom. The molecular weight excluding hydrogens is 244 g/mol. The van der Waals surface area contributed by atoms with E-state index in [0.717, 1.165) is 9.75 Å². The van der Waals surface area contributed by atoms with Gasteiger partial charge < -0.3 is 0 Å². The second-order valence-corrected chi connectivity index (χ2v) is 7.49. The summed E-state index contributed by atoms with van der Waals surface area (Å²) in [5.74, 6) is -0.561. The molecule has 0 bridgehead atoms. The largest absolute Gasteiger partial charge is 0.293 e. The van der Waals surface area contributed by atoms with Crippen molar-refractivity contribution >= 4 is 27.0 Å². The van der Waals surface area contributed by atoms with E-state index in [2.05, 4.69) is 0 Å². The number of carbonyl (C=O) groups excluding carboxylic acids is 1. The molecule has 0 aliphatic rings. The fraction of sp³-hybridized carbons (Fsp3) is 0.545. The molecule has 0 N–H and O–H groups in total. The van der Waals surface area contributed by atoms with Crippen molar-refractivity contribution in [2.75, 3.05) is 11.5 Å². The summed E-state index contributed by atoms with van der Waals surface area (Å²) in [6.07, 6.45) is 0.553. The summed E-state index contributed by atoms with van der Waals surface area (Å²) in [6, 6.07) is 1.77. The van der Waals surface area contributed by atoms with Crippen molar-refractivity contribution in [3.05, 3.63) is 21.4 Å². The maximum Gasteiger partial charge on any atom is 0.178 e. The van der Waals surface area contributed by atoms with Gasteiger partial charge in [0.2, 0.25) is 0 Å². The normalized spacial score (nSPS) is 11.7. The first-order valence-corrected chi connectivity index (χ1v) is 7.80. The van der Waals surface area contributed by atoms with E-state index in [4.69, 9.17) is 0 Å². The highest BCUT2D eigenvalue weighted by atomic mass is 32.2. The molecule has 0 unspecified atom stereocenters. The van der Waals surface area contributed by atoms with Gasteiger partial charge in [0.15, 0.2) is 15.6 Å². The van der Waals surface area contributed by atoms with Gasteiger partial charge in [0.1, 0.15) is 5.75 Å². The van der Waals surface area contributed by atoms with Crippen molar-refractivity contribution in [3.63, 3.8) is 0 Å². The molecule has 3 nitrogen and oxygen atoms in total. The third kappa shape index (κ3) is 3.42. The topological polar surface area (TPSA) is 51.2 Å². The molecule has 0 aliphatic heterocycles. The van der Waals surface area contributed by atoms with E-state index in [-0.39, 0.29) is 17.3 Å². The summed E-state index contributed by atoms with van der Waals surface area (Å²) in [6.45, 7) is 5.55. The average molecular weight is 260 g/mol. The Morgan fingerprint density at radius 3 is 2.44 bits per heavy atom. The SMILES string of the molecule is CCCS(=O)(=O)CC(=O)c1cc(C)sc1C. The van der Waals surface area contributed by atoms with Crippen LogP contribution in [-0.4, -0.2) is 25.7 Å². The van der Waals surface area contributed by atoms with E-state index in [1.165, 1.54) is 11.3 Å². The van der Waals surface area contributed by atoms with E-state index in [1.807, 2.05) is 13.8 Å². The number of hydrogen-bond donors (Lipinski definition) is 0. The van der Waals surface area contributed by atoms with Crippen LogP contribution < -0.4 is 0 Å². The van der Waals surface area contributed by atoms with Crippen LogP contribution in [0.5, 0.6) is 0 Å². The lowest BCUT2D eigenvalue weighted by Crippen LogP contribution is -2.18. The molecule has 0 saturated carbocycles. The Labute approximate surface area is 100 Å². The maximum absolute atomic E-state index is 11.8. The molecule has 0 amide bonds. The first-order valence-electron chi connectivity index (χ1n) is 5.16. The molecule has 0 aromatic carbocycles. The molecule has 0 fully saturated rings. The molecule has 16 heavy (non-hydrogen) atoms. The first-order chi connectivity index (χ1) is 7.35. The fourth-order valence-electron chi connectivity index (χ4n) is 1.57. The zero-order valence-corrected chi connectivity index (χ0v) is 11.4. The number of hydrogen-bond acceptors (Lipinski definition) is 4. The lowest BCUT2D eigenvalue weighted by Gasteiger charge is -2.01. The van der Waals surface area contributed by atoms with Gasteiger partial charge >= 0.3 is 0 Å². The first kappa shape index (κ1) is 13.4. The van der Waals surface area contributed by atoms with Gasteiger partial charge in [-0.15, -0.1) is 11.3 Å². The summed E-state index contributed by atoms with van der Waals surface area (Å²) in [5, 5.41) is 0. The van der Waals surface area contributed by atoms with Crippen LogP contribution >= 0.6 is 11.3 Å². The minimum absolute atomic E-state index is 0.0842. The predicted octanol–water partition coefficient (Wildman–Crippen LogP) is 2.37. The van der Waals surface area contributed by atoms with Crippen molar-refractivity contribution in [2.24, 2.45) is 0 Å².